The molecule has 1 fully saturated rings. The lowest BCUT2D eigenvalue weighted by Gasteiger charge is -2.27. The van der Waals surface area contributed by atoms with Gasteiger partial charge in [-0.25, -0.2) is 4.98 Å². The smallest absolute Gasteiger partial charge is 0.182 e. The SMILES string of the molecule is N#Cc1ncccc1OCC1(N)CCCCCC1. The third-order valence-electron chi connectivity index (χ3n) is 3.49. The molecule has 96 valence electrons. The first-order valence-corrected chi connectivity index (χ1v) is 6.50. The number of aromatic nitrogens is 1. The number of nitrogens with zero attached hydrogens (tertiary/aromatic N) is 2. The maximum atomic E-state index is 8.94. The van der Waals surface area contributed by atoms with Gasteiger partial charge in [0.2, 0.25) is 0 Å². The number of pyridine rings is 1. The van der Waals surface area contributed by atoms with Crippen LogP contribution in [-0.4, -0.2) is 17.1 Å². The standard InChI is InChI=1S/C14H19N3O/c15-10-12-13(6-5-9-17-12)18-11-14(16)7-3-1-2-4-8-14/h5-6,9H,1-4,7-8,11,16H2. The topological polar surface area (TPSA) is 71.9 Å². The van der Waals surface area contributed by atoms with Gasteiger partial charge in [0.05, 0.1) is 5.54 Å². The van der Waals surface area contributed by atoms with Gasteiger partial charge in [-0.2, -0.15) is 5.26 Å². The van der Waals surface area contributed by atoms with Crippen molar-refractivity contribution < 1.29 is 4.74 Å². The second-order valence-electron chi connectivity index (χ2n) is 5.03. The molecule has 0 aromatic carbocycles. The van der Waals surface area contributed by atoms with Crippen LogP contribution < -0.4 is 10.5 Å². The minimum absolute atomic E-state index is 0.251. The van der Waals surface area contributed by atoms with Crippen molar-refractivity contribution in [1.82, 2.24) is 4.98 Å². The molecule has 0 amide bonds. The molecular weight excluding hydrogens is 226 g/mol. The van der Waals surface area contributed by atoms with E-state index >= 15 is 0 Å². The van der Waals surface area contributed by atoms with Crippen molar-refractivity contribution in [2.75, 3.05) is 6.61 Å². The van der Waals surface area contributed by atoms with Crippen LogP contribution in [0.1, 0.15) is 44.2 Å². The van der Waals surface area contributed by atoms with Gasteiger partial charge >= 0.3 is 0 Å². The average Bonchev–Trinajstić information content (AvgIpc) is 2.62. The summed E-state index contributed by atoms with van der Waals surface area (Å²) in [4.78, 5) is 3.98. The first-order chi connectivity index (χ1) is 8.73. The third-order valence-corrected chi connectivity index (χ3v) is 3.49. The number of hydrogen-bond acceptors (Lipinski definition) is 4. The lowest BCUT2D eigenvalue weighted by molar-refractivity contribution is 0.198. The van der Waals surface area contributed by atoms with E-state index in [1.165, 1.54) is 12.8 Å². The fourth-order valence-corrected chi connectivity index (χ4v) is 2.39. The summed E-state index contributed by atoms with van der Waals surface area (Å²) in [6.45, 7) is 0.466. The summed E-state index contributed by atoms with van der Waals surface area (Å²) in [5.74, 6) is 0.536. The van der Waals surface area contributed by atoms with Crippen LogP contribution in [0.2, 0.25) is 0 Å². The molecule has 2 N–H and O–H groups in total. The molecule has 0 aliphatic heterocycles. The highest BCUT2D eigenvalue weighted by Crippen LogP contribution is 2.26. The summed E-state index contributed by atoms with van der Waals surface area (Å²) in [5.41, 5.74) is 6.45. The molecule has 1 heterocycles. The zero-order valence-corrected chi connectivity index (χ0v) is 10.6. The molecule has 0 radical (unpaired) electrons. The van der Waals surface area contributed by atoms with Crippen LogP contribution >= 0.6 is 0 Å². The van der Waals surface area contributed by atoms with Crippen molar-refractivity contribution in [2.24, 2.45) is 5.73 Å². The molecule has 0 bridgehead atoms. The Morgan fingerprint density at radius 2 is 2.06 bits per heavy atom. The van der Waals surface area contributed by atoms with Crippen molar-refractivity contribution in [1.29, 1.82) is 5.26 Å². The van der Waals surface area contributed by atoms with E-state index in [0.29, 0.717) is 18.1 Å². The number of nitrogens with two attached hydrogens (primary N) is 1. The first kappa shape index (κ1) is 12.8. The van der Waals surface area contributed by atoms with Gasteiger partial charge in [-0.1, -0.05) is 25.7 Å². The Balaban J connectivity index is 2.00. The normalized spacial score (nSPS) is 18.7. The fraction of sp³-hybridized carbons (Fsp3) is 0.571. The molecule has 1 saturated carbocycles. The first-order valence-electron chi connectivity index (χ1n) is 6.50. The molecule has 0 atom stereocenters. The lowest BCUT2D eigenvalue weighted by atomic mass is 9.92. The zero-order valence-electron chi connectivity index (χ0n) is 10.6. The van der Waals surface area contributed by atoms with E-state index in [9.17, 15) is 0 Å². The van der Waals surface area contributed by atoms with Gasteiger partial charge in [-0.05, 0) is 25.0 Å². The van der Waals surface area contributed by atoms with Gasteiger partial charge in [0.1, 0.15) is 12.7 Å². The minimum Gasteiger partial charge on any atom is -0.489 e. The quantitative estimate of drug-likeness (QED) is 0.830. The molecule has 1 aromatic heterocycles. The Hall–Kier alpha value is -1.60. The molecule has 1 aromatic rings. The Labute approximate surface area is 108 Å². The lowest BCUT2D eigenvalue weighted by Crippen LogP contribution is -2.45. The van der Waals surface area contributed by atoms with E-state index < -0.39 is 0 Å². The Bertz CT molecular complexity index is 431. The highest BCUT2D eigenvalue weighted by atomic mass is 16.5. The van der Waals surface area contributed by atoms with Crippen molar-refractivity contribution in [3.05, 3.63) is 24.0 Å². The van der Waals surface area contributed by atoms with Gasteiger partial charge in [0.25, 0.3) is 0 Å². The molecule has 0 saturated heterocycles. The molecular formula is C14H19N3O. The minimum atomic E-state index is -0.251. The van der Waals surface area contributed by atoms with Crippen molar-refractivity contribution in [2.45, 2.75) is 44.1 Å². The maximum Gasteiger partial charge on any atom is 0.182 e. The zero-order chi connectivity index (χ0) is 12.8. The monoisotopic (exact) mass is 245 g/mol. The van der Waals surface area contributed by atoms with Crippen molar-refractivity contribution in [3.63, 3.8) is 0 Å². The second kappa shape index (κ2) is 5.83. The number of rotatable bonds is 3. The largest absolute Gasteiger partial charge is 0.489 e. The van der Waals surface area contributed by atoms with E-state index in [-0.39, 0.29) is 5.54 Å². The average molecular weight is 245 g/mol. The van der Waals surface area contributed by atoms with Gasteiger partial charge in [-0.3, -0.25) is 0 Å². The van der Waals surface area contributed by atoms with Crippen LogP contribution in [0.3, 0.4) is 0 Å². The van der Waals surface area contributed by atoms with Crippen molar-refractivity contribution >= 4 is 0 Å². The van der Waals surface area contributed by atoms with Gasteiger partial charge < -0.3 is 10.5 Å². The van der Waals surface area contributed by atoms with E-state index in [0.717, 1.165) is 25.7 Å². The summed E-state index contributed by atoms with van der Waals surface area (Å²) in [6.07, 6.45) is 8.43. The summed E-state index contributed by atoms with van der Waals surface area (Å²) < 4.78 is 5.72. The van der Waals surface area contributed by atoms with Crippen LogP contribution in [0, 0.1) is 11.3 Å². The van der Waals surface area contributed by atoms with Gasteiger partial charge in [0, 0.05) is 6.20 Å². The number of hydrogen-bond donors (Lipinski definition) is 1. The molecule has 4 nitrogen and oxygen atoms in total. The Kier molecular flexibility index (Phi) is 4.16. The van der Waals surface area contributed by atoms with Crippen LogP contribution in [0.5, 0.6) is 5.75 Å². The fourth-order valence-electron chi connectivity index (χ4n) is 2.39. The van der Waals surface area contributed by atoms with Crippen LogP contribution in [-0.2, 0) is 0 Å². The molecule has 4 heteroatoms. The predicted molar refractivity (Wildman–Crippen MR) is 69.1 cm³/mol. The van der Waals surface area contributed by atoms with Gasteiger partial charge in [0.15, 0.2) is 11.4 Å². The van der Waals surface area contributed by atoms with E-state index in [1.54, 1.807) is 18.3 Å². The summed E-state index contributed by atoms with van der Waals surface area (Å²) in [6, 6.07) is 5.57. The van der Waals surface area contributed by atoms with Crippen LogP contribution in [0.25, 0.3) is 0 Å². The summed E-state index contributed by atoms with van der Waals surface area (Å²) >= 11 is 0. The predicted octanol–water partition coefficient (Wildman–Crippen LogP) is 2.38. The van der Waals surface area contributed by atoms with Crippen LogP contribution in [0.4, 0.5) is 0 Å². The highest BCUT2D eigenvalue weighted by molar-refractivity contribution is 5.36. The molecule has 18 heavy (non-hydrogen) atoms. The third kappa shape index (κ3) is 3.21. The number of nitriles is 1. The number of ether oxygens (including phenoxy) is 1. The van der Waals surface area contributed by atoms with E-state index in [4.69, 9.17) is 15.7 Å². The summed E-state index contributed by atoms with van der Waals surface area (Å²) in [5, 5.41) is 8.94. The van der Waals surface area contributed by atoms with E-state index in [2.05, 4.69) is 4.98 Å². The van der Waals surface area contributed by atoms with Crippen molar-refractivity contribution in [3.8, 4) is 11.8 Å². The second-order valence-corrected chi connectivity index (χ2v) is 5.03. The van der Waals surface area contributed by atoms with Crippen LogP contribution in [0.15, 0.2) is 18.3 Å². The molecule has 0 spiro atoms. The molecule has 1 aliphatic rings. The molecule has 1 aliphatic carbocycles. The maximum absolute atomic E-state index is 8.94. The van der Waals surface area contributed by atoms with Gasteiger partial charge in [-0.15, -0.1) is 0 Å². The van der Waals surface area contributed by atoms with E-state index in [1.807, 2.05) is 6.07 Å². The summed E-state index contributed by atoms with van der Waals surface area (Å²) in [7, 11) is 0. The Morgan fingerprint density at radius 1 is 1.33 bits per heavy atom. The molecule has 2 rings (SSSR count). The molecule has 0 unspecified atom stereocenters. The Morgan fingerprint density at radius 3 is 2.72 bits per heavy atom. The highest BCUT2D eigenvalue weighted by Gasteiger charge is 2.27.